The molecule has 0 radical (unpaired) electrons. The highest BCUT2D eigenvalue weighted by Gasteiger charge is 2.16. The number of rotatable bonds is 3. The molecule has 2 rings (SSSR count). The first kappa shape index (κ1) is 17.5. The number of fused-ring (bicyclic) bond motifs is 1. The molecule has 24 heavy (non-hydrogen) atoms. The summed E-state index contributed by atoms with van der Waals surface area (Å²) in [5.41, 5.74) is -0.184. The molecule has 1 amide bonds. The molecule has 128 valence electrons. The van der Waals surface area contributed by atoms with E-state index in [0.717, 1.165) is 4.57 Å². The van der Waals surface area contributed by atoms with Gasteiger partial charge in [-0.3, -0.25) is 19.5 Å². The fourth-order valence-electron chi connectivity index (χ4n) is 1.97. The Balaban J connectivity index is 2.32. The highest BCUT2D eigenvalue weighted by Crippen LogP contribution is 2.16. The van der Waals surface area contributed by atoms with Gasteiger partial charge in [-0.2, -0.15) is 0 Å². The minimum absolute atomic E-state index is 0.234. The van der Waals surface area contributed by atoms with E-state index in [4.69, 9.17) is 4.74 Å². The second kappa shape index (κ2) is 6.69. The van der Waals surface area contributed by atoms with Crippen molar-refractivity contribution in [3.8, 4) is 0 Å². The Morgan fingerprint density at radius 3 is 2.62 bits per heavy atom. The van der Waals surface area contributed by atoms with E-state index in [0.29, 0.717) is 11.2 Å². The highest BCUT2D eigenvalue weighted by molar-refractivity contribution is 5.89. The Morgan fingerprint density at radius 1 is 1.29 bits per heavy atom. The smallest absolute Gasteiger partial charge is 0.412 e. The number of amides is 1. The molecule has 0 saturated heterocycles. The molecule has 1 N–H and O–H groups in total. The molecule has 0 aliphatic rings. The first-order valence-corrected chi connectivity index (χ1v) is 7.25. The Kier molecular flexibility index (Phi) is 4.87. The fourth-order valence-corrected chi connectivity index (χ4v) is 1.97. The number of aromatic nitrogens is 2. The third-order valence-corrected chi connectivity index (χ3v) is 3.00. The fraction of sp³-hybridized carbons (Fsp3) is 0.375. The van der Waals surface area contributed by atoms with Crippen LogP contribution in [0.4, 0.5) is 10.5 Å². The van der Waals surface area contributed by atoms with Crippen LogP contribution in [-0.4, -0.2) is 34.3 Å². The number of nitrogens with zero attached hydrogens (tertiary/aromatic N) is 2. The van der Waals surface area contributed by atoms with E-state index >= 15 is 0 Å². The zero-order valence-corrected chi connectivity index (χ0v) is 14.0. The lowest BCUT2D eigenvalue weighted by atomic mass is 10.2. The maximum Gasteiger partial charge on any atom is 0.412 e. The van der Waals surface area contributed by atoms with Crippen molar-refractivity contribution in [3.63, 3.8) is 0 Å². The van der Waals surface area contributed by atoms with Gasteiger partial charge in [-0.15, -0.1) is 0 Å². The molecule has 0 aliphatic heterocycles. The second-order valence-corrected chi connectivity index (χ2v) is 6.11. The summed E-state index contributed by atoms with van der Waals surface area (Å²) in [5, 5.41) is 2.83. The molecule has 0 aliphatic carbocycles. The van der Waals surface area contributed by atoms with Gasteiger partial charge in [0.1, 0.15) is 12.1 Å². The lowest BCUT2D eigenvalue weighted by molar-refractivity contribution is -0.141. The Morgan fingerprint density at radius 2 is 2.00 bits per heavy atom. The third-order valence-electron chi connectivity index (χ3n) is 3.00. The molecule has 2 aromatic rings. The van der Waals surface area contributed by atoms with E-state index in [-0.39, 0.29) is 11.9 Å². The maximum absolute atomic E-state index is 12.4. The maximum atomic E-state index is 12.4. The minimum Gasteiger partial charge on any atom is -0.468 e. The number of hydrogen-bond acceptors (Lipinski definition) is 6. The third kappa shape index (κ3) is 4.31. The van der Waals surface area contributed by atoms with E-state index in [1.165, 1.54) is 19.5 Å². The monoisotopic (exact) mass is 333 g/mol. The van der Waals surface area contributed by atoms with Gasteiger partial charge < -0.3 is 9.47 Å². The second-order valence-electron chi connectivity index (χ2n) is 6.11. The van der Waals surface area contributed by atoms with Gasteiger partial charge in [-0.1, -0.05) is 0 Å². The van der Waals surface area contributed by atoms with Gasteiger partial charge in [-0.05, 0) is 39.0 Å². The van der Waals surface area contributed by atoms with Crippen LogP contribution in [0.5, 0.6) is 0 Å². The van der Waals surface area contributed by atoms with Crippen LogP contribution < -0.4 is 10.9 Å². The van der Waals surface area contributed by atoms with Gasteiger partial charge in [0.15, 0.2) is 0 Å². The summed E-state index contributed by atoms with van der Waals surface area (Å²) in [6.07, 6.45) is 0.656. The van der Waals surface area contributed by atoms with Crippen LogP contribution in [0.25, 0.3) is 10.9 Å². The number of esters is 1. The summed E-state index contributed by atoms with van der Waals surface area (Å²) in [7, 11) is 1.24. The number of benzene rings is 1. The number of carbonyl (C=O) groups is 2. The van der Waals surface area contributed by atoms with Crippen molar-refractivity contribution in [2.75, 3.05) is 12.4 Å². The topological polar surface area (TPSA) is 99.5 Å². The van der Waals surface area contributed by atoms with Crippen molar-refractivity contribution < 1.29 is 19.1 Å². The van der Waals surface area contributed by atoms with Crippen LogP contribution >= 0.6 is 0 Å². The van der Waals surface area contributed by atoms with Crippen LogP contribution in [0.2, 0.25) is 0 Å². The number of hydrogen-bond donors (Lipinski definition) is 1. The molecule has 8 heteroatoms. The van der Waals surface area contributed by atoms with Crippen molar-refractivity contribution in [3.05, 3.63) is 34.9 Å². The van der Waals surface area contributed by atoms with Gasteiger partial charge in [0.25, 0.3) is 5.56 Å². The van der Waals surface area contributed by atoms with Gasteiger partial charge >= 0.3 is 12.1 Å². The Hall–Kier alpha value is -2.90. The summed E-state index contributed by atoms with van der Waals surface area (Å²) >= 11 is 0. The van der Waals surface area contributed by atoms with E-state index in [1.807, 2.05) is 0 Å². The van der Waals surface area contributed by atoms with Crippen LogP contribution in [0.3, 0.4) is 0 Å². The quantitative estimate of drug-likeness (QED) is 0.862. The van der Waals surface area contributed by atoms with Gasteiger partial charge in [-0.25, -0.2) is 9.78 Å². The molecule has 0 atom stereocenters. The molecule has 0 saturated carbocycles. The lowest BCUT2D eigenvalue weighted by Crippen LogP contribution is -2.27. The number of nitrogens with one attached hydrogen (secondary N) is 1. The Labute approximate surface area is 138 Å². The van der Waals surface area contributed by atoms with E-state index in [9.17, 15) is 14.4 Å². The van der Waals surface area contributed by atoms with Crippen molar-refractivity contribution in [1.82, 2.24) is 9.55 Å². The molecule has 0 bridgehead atoms. The van der Waals surface area contributed by atoms with E-state index in [2.05, 4.69) is 15.0 Å². The van der Waals surface area contributed by atoms with Gasteiger partial charge in [0, 0.05) is 5.69 Å². The van der Waals surface area contributed by atoms with Crippen LogP contribution in [0.15, 0.2) is 29.3 Å². The standard InChI is InChI=1S/C16H19N3O5/c1-16(2,3)24-15(22)18-10-5-6-12-11(7-10)14(21)19(9-17-12)8-13(20)23-4/h5-7,9H,8H2,1-4H3,(H,18,22). The highest BCUT2D eigenvalue weighted by atomic mass is 16.6. The zero-order valence-electron chi connectivity index (χ0n) is 14.0. The van der Waals surface area contributed by atoms with Crippen molar-refractivity contribution >= 4 is 28.7 Å². The zero-order chi connectivity index (χ0) is 17.9. The summed E-state index contributed by atoms with van der Waals surface area (Å²) in [6.45, 7) is 5.02. The molecular formula is C16H19N3O5. The summed E-state index contributed by atoms with van der Waals surface area (Å²) in [6, 6.07) is 4.71. The number of ether oxygens (including phenoxy) is 2. The summed E-state index contributed by atoms with van der Waals surface area (Å²) in [4.78, 5) is 39.7. The Bertz CT molecular complexity index is 836. The predicted octanol–water partition coefficient (Wildman–Crippen LogP) is 1.92. The molecule has 1 heterocycles. The van der Waals surface area contributed by atoms with Crippen LogP contribution in [0, 0.1) is 0 Å². The molecule has 1 aromatic carbocycles. The van der Waals surface area contributed by atoms with Crippen molar-refractivity contribution in [2.24, 2.45) is 0 Å². The minimum atomic E-state index is -0.629. The molecule has 8 nitrogen and oxygen atoms in total. The van der Waals surface area contributed by atoms with Gasteiger partial charge in [0.2, 0.25) is 0 Å². The first-order chi connectivity index (χ1) is 11.2. The number of methoxy groups -OCH3 is 1. The average Bonchev–Trinajstić information content (AvgIpc) is 2.48. The molecular weight excluding hydrogens is 314 g/mol. The molecule has 0 unspecified atom stereocenters. The predicted molar refractivity (Wildman–Crippen MR) is 87.9 cm³/mol. The van der Waals surface area contributed by atoms with Crippen molar-refractivity contribution in [2.45, 2.75) is 32.9 Å². The van der Waals surface area contributed by atoms with Crippen LogP contribution in [-0.2, 0) is 20.8 Å². The van der Waals surface area contributed by atoms with Crippen molar-refractivity contribution in [1.29, 1.82) is 0 Å². The SMILES string of the molecule is COC(=O)Cn1cnc2ccc(NC(=O)OC(C)(C)C)cc2c1=O. The number of carbonyl (C=O) groups excluding carboxylic acids is 2. The summed E-state index contributed by atoms with van der Waals surface area (Å²) in [5.74, 6) is -0.554. The number of anilines is 1. The molecule has 1 aromatic heterocycles. The lowest BCUT2D eigenvalue weighted by Gasteiger charge is -2.19. The average molecular weight is 333 g/mol. The van der Waals surface area contributed by atoms with E-state index in [1.54, 1.807) is 32.9 Å². The molecule has 0 fully saturated rings. The molecule has 0 spiro atoms. The largest absolute Gasteiger partial charge is 0.468 e. The summed E-state index contributed by atoms with van der Waals surface area (Å²) < 4.78 is 10.9. The van der Waals surface area contributed by atoms with Gasteiger partial charge in [0.05, 0.1) is 24.3 Å². The normalized spacial score (nSPS) is 11.2. The first-order valence-electron chi connectivity index (χ1n) is 7.25. The van der Waals surface area contributed by atoms with Crippen LogP contribution in [0.1, 0.15) is 20.8 Å². The van der Waals surface area contributed by atoms with E-state index < -0.39 is 23.2 Å².